The van der Waals surface area contributed by atoms with E-state index in [1.165, 1.54) is 0 Å². The highest BCUT2D eigenvalue weighted by molar-refractivity contribution is 7.84. The number of amides is 1. The lowest BCUT2D eigenvalue weighted by Gasteiger charge is -2.07. The Morgan fingerprint density at radius 3 is 2.88 bits per heavy atom. The smallest absolute Gasteiger partial charge is 0.252 e. The number of hydrogen-bond donors (Lipinski definition) is 2. The summed E-state index contributed by atoms with van der Waals surface area (Å²) in [5.41, 5.74) is 6.28. The molecule has 0 saturated heterocycles. The van der Waals surface area contributed by atoms with Gasteiger partial charge < -0.3 is 11.1 Å². The maximum absolute atomic E-state index is 11.6. The number of halogens is 1. The highest BCUT2D eigenvalue weighted by Gasteiger charge is 2.11. The van der Waals surface area contributed by atoms with Crippen molar-refractivity contribution in [1.29, 1.82) is 0 Å². The first-order valence-corrected chi connectivity index (χ1v) is 6.75. The molecule has 0 aliphatic rings. The fourth-order valence-corrected chi connectivity index (χ4v) is 1.73. The van der Waals surface area contributed by atoms with Gasteiger partial charge in [-0.3, -0.25) is 9.00 Å². The van der Waals surface area contributed by atoms with Crippen LogP contribution in [-0.4, -0.2) is 28.7 Å². The van der Waals surface area contributed by atoms with Crippen molar-refractivity contribution in [3.63, 3.8) is 0 Å². The molecule has 1 unspecified atom stereocenters. The van der Waals surface area contributed by atoms with Crippen LogP contribution in [0.2, 0.25) is 5.02 Å². The van der Waals surface area contributed by atoms with Crippen molar-refractivity contribution in [3.05, 3.63) is 28.8 Å². The molecule has 1 rings (SSSR count). The van der Waals surface area contributed by atoms with Crippen LogP contribution in [0.25, 0.3) is 0 Å². The molecule has 1 aromatic rings. The number of anilines is 1. The molecule has 4 nitrogen and oxygen atoms in total. The van der Waals surface area contributed by atoms with E-state index in [9.17, 15) is 9.00 Å². The summed E-state index contributed by atoms with van der Waals surface area (Å²) in [6, 6.07) is 4.88. The first-order valence-electron chi connectivity index (χ1n) is 4.64. The van der Waals surface area contributed by atoms with E-state index >= 15 is 0 Å². The molecule has 0 aliphatic carbocycles. The molecule has 0 heterocycles. The number of hydrogen-bond acceptors (Lipinski definition) is 3. The van der Waals surface area contributed by atoms with Crippen LogP contribution >= 0.6 is 11.6 Å². The van der Waals surface area contributed by atoms with Gasteiger partial charge in [0.1, 0.15) is 0 Å². The summed E-state index contributed by atoms with van der Waals surface area (Å²) in [4.78, 5) is 11.6. The maximum Gasteiger partial charge on any atom is 0.252 e. The van der Waals surface area contributed by atoms with Crippen LogP contribution in [-0.2, 0) is 10.8 Å². The van der Waals surface area contributed by atoms with Crippen molar-refractivity contribution in [1.82, 2.24) is 5.32 Å². The van der Waals surface area contributed by atoms with Gasteiger partial charge in [0, 0.05) is 29.4 Å². The topological polar surface area (TPSA) is 72.2 Å². The Labute approximate surface area is 102 Å². The molecular formula is C10H13ClN2O2S. The Hall–Kier alpha value is -1.07. The fourth-order valence-electron chi connectivity index (χ4n) is 1.13. The van der Waals surface area contributed by atoms with E-state index in [0.717, 1.165) is 0 Å². The largest absolute Gasteiger partial charge is 0.398 e. The molecule has 0 aromatic heterocycles. The van der Waals surface area contributed by atoms with Crippen molar-refractivity contribution in [2.75, 3.05) is 24.3 Å². The molecule has 6 heteroatoms. The van der Waals surface area contributed by atoms with Gasteiger partial charge in [-0.25, -0.2) is 0 Å². The van der Waals surface area contributed by atoms with Crippen LogP contribution in [0.1, 0.15) is 10.4 Å². The second-order valence-corrected chi connectivity index (χ2v) is 5.17. The van der Waals surface area contributed by atoms with E-state index < -0.39 is 10.8 Å². The number of nitrogens with two attached hydrogens (primary N) is 1. The summed E-state index contributed by atoms with van der Waals surface area (Å²) in [6.45, 7) is 0.354. The number of rotatable bonds is 4. The van der Waals surface area contributed by atoms with E-state index in [4.69, 9.17) is 17.3 Å². The van der Waals surface area contributed by atoms with Gasteiger partial charge >= 0.3 is 0 Å². The lowest BCUT2D eigenvalue weighted by Crippen LogP contribution is -2.27. The summed E-state index contributed by atoms with van der Waals surface area (Å²) < 4.78 is 10.8. The minimum Gasteiger partial charge on any atom is -0.398 e. The zero-order valence-corrected chi connectivity index (χ0v) is 10.4. The fraction of sp³-hybridized carbons (Fsp3) is 0.300. The molecule has 0 bridgehead atoms. The van der Waals surface area contributed by atoms with Gasteiger partial charge in [-0.15, -0.1) is 0 Å². The first-order chi connectivity index (χ1) is 7.52. The minimum absolute atomic E-state index is 0.248. The molecule has 16 heavy (non-hydrogen) atoms. The van der Waals surface area contributed by atoms with Gasteiger partial charge in [0.15, 0.2) is 0 Å². The van der Waals surface area contributed by atoms with Crippen molar-refractivity contribution < 1.29 is 9.00 Å². The van der Waals surface area contributed by atoms with Gasteiger partial charge in [0.2, 0.25) is 0 Å². The molecule has 0 radical (unpaired) electrons. The van der Waals surface area contributed by atoms with E-state index in [2.05, 4.69) is 5.32 Å². The molecule has 1 amide bonds. The summed E-state index contributed by atoms with van der Waals surface area (Å²) in [5.74, 6) is 0.119. The van der Waals surface area contributed by atoms with Crippen LogP contribution in [0, 0.1) is 0 Å². The normalized spacial score (nSPS) is 12.1. The number of benzene rings is 1. The van der Waals surface area contributed by atoms with Gasteiger partial charge in [-0.05, 0) is 12.1 Å². The Kier molecular flexibility index (Phi) is 4.76. The molecule has 1 aromatic carbocycles. The Morgan fingerprint density at radius 2 is 2.25 bits per heavy atom. The summed E-state index contributed by atoms with van der Waals surface area (Å²) >= 11 is 5.88. The van der Waals surface area contributed by atoms with Crippen LogP contribution in [0.4, 0.5) is 5.69 Å². The second kappa shape index (κ2) is 5.86. The number of carbonyl (C=O) groups excluding carboxylic acids is 1. The van der Waals surface area contributed by atoms with Crippen LogP contribution < -0.4 is 11.1 Å². The third kappa shape index (κ3) is 3.50. The molecule has 0 spiro atoms. The van der Waals surface area contributed by atoms with Gasteiger partial charge in [-0.1, -0.05) is 17.7 Å². The van der Waals surface area contributed by atoms with Crippen LogP contribution in [0.5, 0.6) is 0 Å². The van der Waals surface area contributed by atoms with Gasteiger partial charge in [-0.2, -0.15) is 0 Å². The quantitative estimate of drug-likeness (QED) is 0.795. The zero-order chi connectivity index (χ0) is 12.1. The Morgan fingerprint density at radius 1 is 1.56 bits per heavy atom. The minimum atomic E-state index is -0.921. The summed E-state index contributed by atoms with van der Waals surface area (Å²) in [5, 5.41) is 2.87. The monoisotopic (exact) mass is 260 g/mol. The lowest BCUT2D eigenvalue weighted by molar-refractivity contribution is 0.0956. The highest BCUT2D eigenvalue weighted by Crippen LogP contribution is 2.22. The Balaban J connectivity index is 2.66. The predicted octanol–water partition coefficient (Wildman–Crippen LogP) is 1.03. The van der Waals surface area contributed by atoms with Gasteiger partial charge in [0.25, 0.3) is 5.91 Å². The highest BCUT2D eigenvalue weighted by atomic mass is 35.5. The molecule has 0 fully saturated rings. The maximum atomic E-state index is 11.6. The third-order valence-electron chi connectivity index (χ3n) is 1.95. The molecule has 88 valence electrons. The summed E-state index contributed by atoms with van der Waals surface area (Å²) in [6.07, 6.45) is 1.58. The average Bonchev–Trinajstić information content (AvgIpc) is 2.21. The Bertz CT molecular complexity index is 423. The summed E-state index contributed by atoms with van der Waals surface area (Å²) in [7, 11) is -0.921. The molecule has 1 atom stereocenters. The zero-order valence-electron chi connectivity index (χ0n) is 8.83. The van der Waals surface area contributed by atoms with E-state index in [-0.39, 0.29) is 10.9 Å². The number of nitrogens with one attached hydrogen (secondary N) is 1. The number of nitrogen functional groups attached to an aromatic ring is 1. The number of carbonyl (C=O) groups is 1. The standard InChI is InChI=1S/C10H13ClN2O2S/c1-16(15)6-5-13-10(14)7-3-2-4-8(12)9(7)11/h2-4H,5-6,12H2,1H3,(H,13,14). The third-order valence-corrected chi connectivity index (χ3v) is 3.15. The van der Waals surface area contributed by atoms with E-state index in [0.29, 0.717) is 23.5 Å². The van der Waals surface area contributed by atoms with Crippen LogP contribution in [0.3, 0.4) is 0 Å². The van der Waals surface area contributed by atoms with Crippen molar-refractivity contribution >= 4 is 34.0 Å². The lowest BCUT2D eigenvalue weighted by atomic mass is 10.2. The molecule has 0 aliphatic heterocycles. The van der Waals surface area contributed by atoms with Crippen molar-refractivity contribution in [2.24, 2.45) is 0 Å². The predicted molar refractivity (Wildman–Crippen MR) is 67.1 cm³/mol. The van der Waals surface area contributed by atoms with Gasteiger partial charge in [0.05, 0.1) is 16.3 Å². The van der Waals surface area contributed by atoms with Crippen molar-refractivity contribution in [2.45, 2.75) is 0 Å². The second-order valence-electron chi connectivity index (χ2n) is 3.24. The average molecular weight is 261 g/mol. The SMILES string of the molecule is CS(=O)CCNC(=O)c1cccc(N)c1Cl. The molecule has 0 saturated carbocycles. The molecule has 3 N–H and O–H groups in total. The van der Waals surface area contributed by atoms with Crippen LogP contribution in [0.15, 0.2) is 18.2 Å². The molecular weight excluding hydrogens is 248 g/mol. The van der Waals surface area contributed by atoms with E-state index in [1.807, 2.05) is 0 Å². The van der Waals surface area contributed by atoms with Crippen molar-refractivity contribution in [3.8, 4) is 0 Å². The van der Waals surface area contributed by atoms with E-state index in [1.54, 1.807) is 24.5 Å². The first kappa shape index (κ1) is 13.0.